The maximum absolute atomic E-state index is 12.7. The molecule has 1 saturated heterocycles. The molecular weight excluding hydrogens is 431 g/mol. The van der Waals surface area contributed by atoms with E-state index in [-0.39, 0.29) is 23.7 Å². The van der Waals surface area contributed by atoms with Crippen molar-refractivity contribution in [1.82, 2.24) is 15.2 Å². The molecule has 1 fully saturated rings. The van der Waals surface area contributed by atoms with Crippen molar-refractivity contribution in [2.24, 2.45) is 0 Å². The Morgan fingerprint density at radius 1 is 1.12 bits per heavy atom. The molecule has 2 heterocycles. The van der Waals surface area contributed by atoms with E-state index in [1.54, 1.807) is 9.80 Å². The van der Waals surface area contributed by atoms with Gasteiger partial charge in [-0.05, 0) is 24.6 Å². The zero-order valence-corrected chi connectivity index (χ0v) is 16.8. The SMILES string of the molecule is O=C(NCC(=O)N1CCCN(c2ccc(C(F)(F)F)cn2)CC1)c1cccc([N+](=O)[O-])c1. The molecule has 1 N–H and O–H groups in total. The summed E-state index contributed by atoms with van der Waals surface area (Å²) in [4.78, 5) is 42.2. The summed E-state index contributed by atoms with van der Waals surface area (Å²) >= 11 is 0. The van der Waals surface area contributed by atoms with Crippen molar-refractivity contribution in [2.75, 3.05) is 37.6 Å². The number of amides is 2. The van der Waals surface area contributed by atoms with Gasteiger partial charge in [0.15, 0.2) is 0 Å². The minimum Gasteiger partial charge on any atom is -0.355 e. The Morgan fingerprint density at radius 3 is 2.56 bits per heavy atom. The number of nitrogens with one attached hydrogen (secondary N) is 1. The molecule has 1 aromatic heterocycles. The second kappa shape index (κ2) is 9.62. The molecule has 0 bridgehead atoms. The van der Waals surface area contributed by atoms with Gasteiger partial charge in [0.2, 0.25) is 5.91 Å². The zero-order valence-electron chi connectivity index (χ0n) is 16.8. The Balaban J connectivity index is 1.53. The van der Waals surface area contributed by atoms with Crippen molar-refractivity contribution in [3.8, 4) is 0 Å². The second-order valence-electron chi connectivity index (χ2n) is 7.11. The summed E-state index contributed by atoms with van der Waals surface area (Å²) in [6.07, 6.45) is -3.09. The summed E-state index contributed by atoms with van der Waals surface area (Å²) in [5.74, 6) is -0.537. The van der Waals surface area contributed by atoms with Gasteiger partial charge in [-0.2, -0.15) is 13.2 Å². The summed E-state index contributed by atoms with van der Waals surface area (Å²) in [6.45, 7) is 1.35. The van der Waals surface area contributed by atoms with Crippen LogP contribution in [0, 0.1) is 10.1 Å². The first kappa shape index (κ1) is 23.0. The standard InChI is InChI=1S/C20H20F3N5O4/c21-20(22,23)15-5-6-17(24-12-15)26-7-2-8-27(10-9-26)18(29)13-25-19(30)14-3-1-4-16(11-14)28(31)32/h1,3-6,11-12H,2,7-10,13H2,(H,25,30). The minimum absolute atomic E-state index is 0.0717. The summed E-state index contributed by atoms with van der Waals surface area (Å²) in [7, 11) is 0. The van der Waals surface area contributed by atoms with Crippen LogP contribution in [-0.4, -0.2) is 59.3 Å². The highest BCUT2D eigenvalue weighted by molar-refractivity contribution is 5.96. The van der Waals surface area contributed by atoms with E-state index >= 15 is 0 Å². The molecule has 9 nitrogen and oxygen atoms in total. The lowest BCUT2D eigenvalue weighted by Crippen LogP contribution is -2.42. The van der Waals surface area contributed by atoms with E-state index in [9.17, 15) is 32.9 Å². The molecule has 12 heteroatoms. The van der Waals surface area contributed by atoms with Crippen LogP contribution in [-0.2, 0) is 11.0 Å². The molecule has 1 aliphatic heterocycles. The van der Waals surface area contributed by atoms with Crippen molar-refractivity contribution < 1.29 is 27.7 Å². The number of nitro benzene ring substituents is 1. The fourth-order valence-corrected chi connectivity index (χ4v) is 3.27. The smallest absolute Gasteiger partial charge is 0.355 e. The number of pyridine rings is 1. The molecule has 0 radical (unpaired) electrons. The fraction of sp³-hybridized carbons (Fsp3) is 0.350. The normalized spacial score (nSPS) is 14.6. The van der Waals surface area contributed by atoms with Crippen LogP contribution in [0.15, 0.2) is 42.6 Å². The van der Waals surface area contributed by atoms with Gasteiger partial charge < -0.3 is 15.1 Å². The highest BCUT2D eigenvalue weighted by Gasteiger charge is 2.31. The van der Waals surface area contributed by atoms with Gasteiger partial charge in [0.05, 0.1) is 17.0 Å². The highest BCUT2D eigenvalue weighted by Crippen LogP contribution is 2.29. The van der Waals surface area contributed by atoms with Gasteiger partial charge in [-0.1, -0.05) is 6.07 Å². The van der Waals surface area contributed by atoms with Gasteiger partial charge >= 0.3 is 6.18 Å². The van der Waals surface area contributed by atoms with Crippen LogP contribution in [0.4, 0.5) is 24.7 Å². The van der Waals surface area contributed by atoms with Gasteiger partial charge in [-0.25, -0.2) is 4.98 Å². The molecule has 170 valence electrons. The number of nitrogens with zero attached hydrogens (tertiary/aromatic N) is 4. The van der Waals surface area contributed by atoms with E-state index in [0.717, 1.165) is 18.3 Å². The number of hydrogen-bond acceptors (Lipinski definition) is 6. The lowest BCUT2D eigenvalue weighted by atomic mass is 10.2. The van der Waals surface area contributed by atoms with Crippen LogP contribution in [0.2, 0.25) is 0 Å². The van der Waals surface area contributed by atoms with Crippen LogP contribution in [0.1, 0.15) is 22.3 Å². The topological polar surface area (TPSA) is 109 Å². The zero-order chi connectivity index (χ0) is 23.3. The maximum Gasteiger partial charge on any atom is 0.417 e. The molecule has 2 amide bonds. The number of alkyl halides is 3. The number of anilines is 1. The Hall–Kier alpha value is -3.70. The van der Waals surface area contributed by atoms with E-state index in [1.807, 2.05) is 0 Å². The van der Waals surface area contributed by atoms with Crippen LogP contribution in [0.5, 0.6) is 0 Å². The Bertz CT molecular complexity index is 997. The number of halogens is 3. The maximum atomic E-state index is 12.7. The van der Waals surface area contributed by atoms with E-state index in [4.69, 9.17) is 0 Å². The lowest BCUT2D eigenvalue weighted by Gasteiger charge is -2.23. The number of aromatic nitrogens is 1. The Kier molecular flexibility index (Phi) is 6.91. The van der Waals surface area contributed by atoms with Crippen LogP contribution in [0.25, 0.3) is 0 Å². The van der Waals surface area contributed by atoms with Crippen molar-refractivity contribution in [1.29, 1.82) is 0 Å². The average Bonchev–Trinajstić information content (AvgIpc) is 3.03. The van der Waals surface area contributed by atoms with Crippen molar-refractivity contribution >= 4 is 23.3 Å². The molecule has 0 unspecified atom stereocenters. The lowest BCUT2D eigenvalue weighted by molar-refractivity contribution is -0.384. The van der Waals surface area contributed by atoms with Crippen LogP contribution in [0.3, 0.4) is 0 Å². The number of nitro groups is 1. The molecule has 0 spiro atoms. The second-order valence-corrected chi connectivity index (χ2v) is 7.11. The van der Waals surface area contributed by atoms with E-state index < -0.39 is 22.6 Å². The van der Waals surface area contributed by atoms with E-state index in [0.29, 0.717) is 38.4 Å². The Morgan fingerprint density at radius 2 is 1.91 bits per heavy atom. The van der Waals surface area contributed by atoms with Crippen LogP contribution >= 0.6 is 0 Å². The third-order valence-electron chi connectivity index (χ3n) is 4.97. The fourth-order valence-electron chi connectivity index (χ4n) is 3.27. The summed E-state index contributed by atoms with van der Waals surface area (Å²) < 4.78 is 38.1. The number of carbonyl (C=O) groups is 2. The summed E-state index contributed by atoms with van der Waals surface area (Å²) in [6, 6.07) is 7.46. The molecular formula is C20H20F3N5O4. The van der Waals surface area contributed by atoms with Gasteiger partial charge in [-0.15, -0.1) is 0 Å². The van der Waals surface area contributed by atoms with E-state index in [2.05, 4.69) is 10.3 Å². The number of hydrogen-bond donors (Lipinski definition) is 1. The summed E-state index contributed by atoms with van der Waals surface area (Å²) in [5.41, 5.74) is -0.983. The molecule has 2 aromatic rings. The number of benzene rings is 1. The Labute approximate surface area is 181 Å². The molecule has 1 aromatic carbocycles. The first-order valence-electron chi connectivity index (χ1n) is 9.74. The molecule has 3 rings (SSSR count). The van der Waals surface area contributed by atoms with Gasteiger partial charge in [0, 0.05) is 50.1 Å². The average molecular weight is 451 g/mol. The number of non-ortho nitro benzene ring substituents is 1. The number of rotatable bonds is 5. The van der Waals surface area contributed by atoms with Crippen LogP contribution < -0.4 is 10.2 Å². The first-order chi connectivity index (χ1) is 15.1. The highest BCUT2D eigenvalue weighted by atomic mass is 19.4. The third-order valence-corrected chi connectivity index (χ3v) is 4.97. The predicted octanol–water partition coefficient (Wildman–Crippen LogP) is 2.48. The molecule has 0 saturated carbocycles. The first-order valence-corrected chi connectivity index (χ1v) is 9.74. The monoisotopic (exact) mass is 451 g/mol. The molecule has 1 aliphatic rings. The van der Waals surface area contributed by atoms with Crippen molar-refractivity contribution in [3.05, 3.63) is 63.8 Å². The van der Waals surface area contributed by atoms with Gasteiger partial charge in [0.25, 0.3) is 11.6 Å². The van der Waals surface area contributed by atoms with Crippen molar-refractivity contribution in [2.45, 2.75) is 12.6 Å². The molecule has 32 heavy (non-hydrogen) atoms. The third kappa shape index (κ3) is 5.71. The van der Waals surface area contributed by atoms with Crippen molar-refractivity contribution in [3.63, 3.8) is 0 Å². The number of carbonyl (C=O) groups excluding carboxylic acids is 2. The largest absolute Gasteiger partial charge is 0.417 e. The summed E-state index contributed by atoms with van der Waals surface area (Å²) in [5, 5.41) is 13.3. The molecule has 0 aliphatic carbocycles. The van der Waals surface area contributed by atoms with Gasteiger partial charge in [-0.3, -0.25) is 19.7 Å². The van der Waals surface area contributed by atoms with E-state index in [1.165, 1.54) is 24.3 Å². The quantitative estimate of drug-likeness (QED) is 0.553. The minimum atomic E-state index is -4.46. The molecule has 0 atom stereocenters. The predicted molar refractivity (Wildman–Crippen MR) is 108 cm³/mol. The van der Waals surface area contributed by atoms with Gasteiger partial charge in [0.1, 0.15) is 5.82 Å².